The van der Waals surface area contributed by atoms with E-state index in [1.54, 1.807) is 0 Å². The van der Waals surface area contributed by atoms with Crippen LogP contribution < -0.4 is 9.47 Å². The monoisotopic (exact) mass is 518 g/mol. The first-order valence-electron chi connectivity index (χ1n) is 13.9. The highest BCUT2D eigenvalue weighted by molar-refractivity contribution is 5.80. The van der Waals surface area contributed by atoms with Gasteiger partial charge in [0, 0.05) is 12.4 Å². The Labute approximate surface area is 233 Å². The fourth-order valence-corrected chi connectivity index (χ4v) is 4.09. The van der Waals surface area contributed by atoms with Crippen molar-refractivity contribution < 1.29 is 9.47 Å². The van der Waals surface area contributed by atoms with E-state index in [9.17, 15) is 0 Å². The van der Waals surface area contributed by atoms with Crippen molar-refractivity contribution in [2.24, 2.45) is 9.98 Å². The van der Waals surface area contributed by atoms with Crippen LogP contribution in [-0.2, 0) is 13.1 Å². The highest BCUT2D eigenvalue weighted by Crippen LogP contribution is 2.14. The maximum Gasteiger partial charge on any atom is 0.119 e. The summed E-state index contributed by atoms with van der Waals surface area (Å²) in [5.74, 6) is 1.83. The van der Waals surface area contributed by atoms with Crippen molar-refractivity contribution >= 4 is 12.4 Å². The molecule has 0 unspecified atom stereocenters. The molecule has 0 aliphatic carbocycles. The number of hydrogen-bond donors (Lipinski definition) is 0. The molecule has 200 valence electrons. The van der Waals surface area contributed by atoms with Gasteiger partial charge in [-0.2, -0.15) is 0 Å². The molecule has 0 spiro atoms. The Bertz CT molecular complexity index is 1150. The third-order valence-electron chi connectivity index (χ3n) is 6.30. The Morgan fingerprint density at radius 3 is 1.23 bits per heavy atom. The highest BCUT2D eigenvalue weighted by atomic mass is 16.5. The van der Waals surface area contributed by atoms with Gasteiger partial charge in [0.1, 0.15) is 11.5 Å². The molecule has 0 saturated carbocycles. The first-order chi connectivity index (χ1) is 19.3. The smallest absolute Gasteiger partial charge is 0.119 e. The molecule has 0 N–H and O–H groups in total. The number of unbranched alkanes of at least 4 members (excludes halogenated alkanes) is 4. The molecular formula is C35H38N2O2. The minimum absolute atomic E-state index is 0.698. The second-order valence-corrected chi connectivity index (χ2v) is 9.51. The molecule has 0 saturated heterocycles. The first kappa shape index (κ1) is 27.8. The van der Waals surface area contributed by atoms with Crippen molar-refractivity contribution in [3.05, 3.63) is 131 Å². The van der Waals surface area contributed by atoms with Crippen LogP contribution in [0.15, 0.2) is 119 Å². The summed E-state index contributed by atoms with van der Waals surface area (Å²) in [4.78, 5) is 9.04. The second kappa shape index (κ2) is 16.6. The standard InChI is InChI=1S/C35H38N2O2/c1(2-10-24-38-34-20-16-32(17-21-34)28-36-26-30-12-6-4-7-13-30)3-11-25-39-35-22-18-33(19-23-35)29-37-27-31-14-8-5-9-15-31/h4-9,12-23,28-29H,1-3,10-11,24-27H2. The van der Waals surface area contributed by atoms with E-state index in [0.717, 1.165) is 48.7 Å². The maximum absolute atomic E-state index is 5.90. The summed E-state index contributed by atoms with van der Waals surface area (Å²) in [7, 11) is 0. The summed E-state index contributed by atoms with van der Waals surface area (Å²) in [6.45, 7) is 2.89. The van der Waals surface area contributed by atoms with Crippen LogP contribution >= 0.6 is 0 Å². The number of rotatable bonds is 16. The van der Waals surface area contributed by atoms with E-state index < -0.39 is 0 Å². The van der Waals surface area contributed by atoms with Crippen LogP contribution in [0.5, 0.6) is 11.5 Å². The number of aliphatic imine (C=N–C) groups is 2. The topological polar surface area (TPSA) is 43.2 Å². The van der Waals surface area contributed by atoms with Crippen LogP contribution in [0.2, 0.25) is 0 Å². The molecule has 0 bridgehead atoms. The normalized spacial score (nSPS) is 11.3. The van der Waals surface area contributed by atoms with Crippen molar-refractivity contribution in [2.75, 3.05) is 13.2 Å². The van der Waals surface area contributed by atoms with E-state index in [2.05, 4.69) is 58.5 Å². The lowest BCUT2D eigenvalue weighted by Crippen LogP contribution is -1.99. The third kappa shape index (κ3) is 11.0. The molecule has 0 fully saturated rings. The predicted octanol–water partition coefficient (Wildman–Crippen LogP) is 8.33. The molecule has 0 radical (unpaired) electrons. The summed E-state index contributed by atoms with van der Waals surface area (Å²) in [6, 6.07) is 36.8. The van der Waals surface area contributed by atoms with Gasteiger partial charge in [0.25, 0.3) is 0 Å². The van der Waals surface area contributed by atoms with Crippen LogP contribution in [0.1, 0.15) is 54.4 Å². The zero-order valence-electron chi connectivity index (χ0n) is 22.6. The van der Waals surface area contributed by atoms with Crippen molar-refractivity contribution in [1.82, 2.24) is 0 Å². The van der Waals surface area contributed by atoms with Crippen LogP contribution in [0.25, 0.3) is 0 Å². The number of ether oxygens (including phenoxy) is 2. The Morgan fingerprint density at radius 2 is 0.821 bits per heavy atom. The van der Waals surface area contributed by atoms with Crippen LogP contribution in [-0.4, -0.2) is 25.6 Å². The number of nitrogens with zero attached hydrogens (tertiary/aromatic N) is 2. The van der Waals surface area contributed by atoms with Gasteiger partial charge in [-0.3, -0.25) is 9.98 Å². The summed E-state index contributed by atoms with van der Waals surface area (Å²) < 4.78 is 11.8. The average molecular weight is 519 g/mol. The SMILES string of the molecule is C(=NCc1ccccc1)c1ccc(OCCCCCCCOc2ccc(C=NCc3ccccc3)cc2)cc1. The Morgan fingerprint density at radius 1 is 0.436 bits per heavy atom. The van der Waals surface area contributed by atoms with Crippen molar-refractivity contribution in [2.45, 2.75) is 45.2 Å². The summed E-state index contributed by atoms with van der Waals surface area (Å²) in [6.07, 6.45) is 9.49. The van der Waals surface area contributed by atoms with E-state index in [4.69, 9.17) is 9.47 Å². The molecule has 39 heavy (non-hydrogen) atoms. The molecule has 0 heterocycles. The lowest BCUT2D eigenvalue weighted by atomic mass is 10.1. The minimum atomic E-state index is 0.698. The van der Waals surface area contributed by atoms with E-state index in [1.807, 2.05) is 73.1 Å². The minimum Gasteiger partial charge on any atom is -0.494 e. The second-order valence-electron chi connectivity index (χ2n) is 9.51. The third-order valence-corrected chi connectivity index (χ3v) is 6.30. The molecule has 0 aliphatic rings. The van der Waals surface area contributed by atoms with Gasteiger partial charge >= 0.3 is 0 Å². The fourth-order valence-electron chi connectivity index (χ4n) is 4.09. The van der Waals surface area contributed by atoms with Crippen molar-refractivity contribution in [1.29, 1.82) is 0 Å². The van der Waals surface area contributed by atoms with Crippen molar-refractivity contribution in [3.8, 4) is 11.5 Å². The lowest BCUT2D eigenvalue weighted by Gasteiger charge is -2.08. The summed E-state index contributed by atoms with van der Waals surface area (Å²) >= 11 is 0. The van der Waals surface area contributed by atoms with Gasteiger partial charge in [-0.05, 0) is 83.6 Å². The molecule has 4 aromatic rings. The molecule has 0 aromatic heterocycles. The molecular weight excluding hydrogens is 480 g/mol. The first-order valence-corrected chi connectivity index (χ1v) is 13.9. The van der Waals surface area contributed by atoms with Gasteiger partial charge in [0.15, 0.2) is 0 Å². The molecule has 0 aliphatic heterocycles. The Balaban J connectivity index is 1.00. The van der Waals surface area contributed by atoms with Crippen LogP contribution in [0.4, 0.5) is 0 Å². The van der Waals surface area contributed by atoms with E-state index in [-0.39, 0.29) is 0 Å². The van der Waals surface area contributed by atoms with Gasteiger partial charge in [-0.15, -0.1) is 0 Å². The zero-order chi connectivity index (χ0) is 26.8. The maximum atomic E-state index is 5.90. The van der Waals surface area contributed by atoms with Crippen LogP contribution in [0.3, 0.4) is 0 Å². The molecule has 4 heteroatoms. The molecule has 0 atom stereocenters. The van der Waals surface area contributed by atoms with Gasteiger partial charge in [0.2, 0.25) is 0 Å². The lowest BCUT2D eigenvalue weighted by molar-refractivity contribution is 0.293. The van der Waals surface area contributed by atoms with Gasteiger partial charge < -0.3 is 9.47 Å². The van der Waals surface area contributed by atoms with Gasteiger partial charge in [-0.25, -0.2) is 0 Å². The Hall–Kier alpha value is -4.18. The van der Waals surface area contributed by atoms with Crippen molar-refractivity contribution in [3.63, 3.8) is 0 Å². The molecule has 4 rings (SSSR count). The van der Waals surface area contributed by atoms with Gasteiger partial charge in [-0.1, -0.05) is 79.9 Å². The average Bonchev–Trinajstić information content (AvgIpc) is 2.99. The number of benzene rings is 4. The quantitative estimate of drug-likeness (QED) is 0.111. The number of hydrogen-bond acceptors (Lipinski definition) is 4. The predicted molar refractivity (Wildman–Crippen MR) is 162 cm³/mol. The summed E-state index contributed by atoms with van der Waals surface area (Å²) in [5, 5.41) is 0. The Kier molecular flexibility index (Phi) is 11.9. The largest absolute Gasteiger partial charge is 0.494 e. The highest BCUT2D eigenvalue weighted by Gasteiger charge is 1.98. The van der Waals surface area contributed by atoms with E-state index >= 15 is 0 Å². The zero-order valence-corrected chi connectivity index (χ0v) is 22.6. The van der Waals surface area contributed by atoms with Crippen LogP contribution in [0, 0.1) is 0 Å². The molecule has 0 amide bonds. The van der Waals surface area contributed by atoms with E-state index in [0.29, 0.717) is 13.1 Å². The van der Waals surface area contributed by atoms with Gasteiger partial charge in [0.05, 0.1) is 26.3 Å². The molecule has 4 aromatic carbocycles. The fraction of sp³-hybridized carbons (Fsp3) is 0.257. The van der Waals surface area contributed by atoms with E-state index in [1.165, 1.54) is 30.4 Å². The summed E-state index contributed by atoms with van der Waals surface area (Å²) in [5.41, 5.74) is 4.60. The molecule has 4 nitrogen and oxygen atoms in total.